The molecule has 34 heavy (non-hydrogen) atoms. The molecule has 0 N–H and O–H groups in total. The Morgan fingerprint density at radius 2 is 1.53 bits per heavy atom. The van der Waals surface area contributed by atoms with Crippen molar-refractivity contribution < 1.29 is 55.7 Å². The van der Waals surface area contributed by atoms with Gasteiger partial charge >= 0.3 is 208 Å². The molecular formula is C25H35AuClF3N2O2. The first kappa shape index (κ1) is 29.4. The van der Waals surface area contributed by atoms with E-state index in [4.69, 9.17) is 4.74 Å². The number of alkyl halides is 3. The normalized spacial score (nSPS) is 22.0. The molecule has 1 unspecified atom stereocenters. The van der Waals surface area contributed by atoms with E-state index in [1.165, 1.54) is 64.2 Å². The summed E-state index contributed by atoms with van der Waals surface area (Å²) in [5, 5.41) is 0. The second-order valence-corrected chi connectivity index (χ2v) is 10.1. The van der Waals surface area contributed by atoms with Crippen LogP contribution in [-0.4, -0.2) is 40.6 Å². The van der Waals surface area contributed by atoms with Crippen molar-refractivity contribution in [1.29, 1.82) is 0 Å². The van der Waals surface area contributed by atoms with Gasteiger partial charge in [-0.3, -0.25) is 0 Å². The van der Waals surface area contributed by atoms with Gasteiger partial charge in [0.15, 0.2) is 0 Å². The number of benzene rings is 1. The van der Waals surface area contributed by atoms with Gasteiger partial charge in [-0.15, -0.1) is 0 Å². The van der Waals surface area contributed by atoms with E-state index in [0.29, 0.717) is 6.54 Å². The first-order valence-electron chi connectivity index (χ1n) is 12.1. The summed E-state index contributed by atoms with van der Waals surface area (Å²) in [6.45, 7) is 0.526. The van der Waals surface area contributed by atoms with Gasteiger partial charge < -0.3 is 12.4 Å². The van der Waals surface area contributed by atoms with Crippen LogP contribution in [0.5, 0.6) is 0 Å². The van der Waals surface area contributed by atoms with Crippen LogP contribution in [0.15, 0.2) is 24.3 Å². The number of esters is 1. The van der Waals surface area contributed by atoms with Gasteiger partial charge in [-0.05, 0) is 0 Å². The van der Waals surface area contributed by atoms with E-state index in [2.05, 4.69) is 25.5 Å². The van der Waals surface area contributed by atoms with E-state index in [1.54, 1.807) is 11.0 Å². The number of halogens is 4. The Kier molecular flexibility index (Phi) is 12.1. The third-order valence-corrected chi connectivity index (χ3v) is 7.93. The summed E-state index contributed by atoms with van der Waals surface area (Å²) < 4.78 is 47.2. The predicted octanol–water partition coefficient (Wildman–Crippen LogP) is 3.07. The SMILES string of the molecule is COC(=O)CC1CN(C2CCCCCCCCCCC2)[C](=[Au+])N1c1ccccc1C(F)(F)F.[Cl-]. The van der Waals surface area contributed by atoms with Crippen LogP contribution in [0.1, 0.15) is 82.6 Å². The standard InChI is InChI=1S/C25H35F3N2O2.Au.ClH/c1-32-24(31)17-21-18-29(20-13-9-7-5-3-2-4-6-8-10-14-20)19-30(21)23-16-12-11-15-22(23)25(26,27)28;;/h11-12,15-16,20-21H,2-10,13-14,17-18H2,1H3;;1H/q;+1;/p-1. The number of carbonyl (C=O) groups excluding carboxylic acids is 1. The van der Waals surface area contributed by atoms with Crippen LogP contribution in [0.4, 0.5) is 18.9 Å². The quantitative estimate of drug-likeness (QED) is 0.361. The fourth-order valence-corrected chi connectivity index (χ4v) is 6.28. The Morgan fingerprint density at radius 1 is 1.00 bits per heavy atom. The van der Waals surface area contributed by atoms with Crippen LogP contribution >= 0.6 is 0 Å². The zero-order valence-electron chi connectivity index (χ0n) is 19.7. The zero-order chi connectivity index (χ0) is 23.8. The van der Waals surface area contributed by atoms with E-state index in [9.17, 15) is 18.0 Å². The number of ether oxygens (including phenoxy) is 1. The van der Waals surface area contributed by atoms with Crippen LogP contribution in [-0.2, 0) is 36.3 Å². The molecule has 2 fully saturated rings. The van der Waals surface area contributed by atoms with Crippen molar-refractivity contribution in [2.24, 2.45) is 0 Å². The topological polar surface area (TPSA) is 32.8 Å². The summed E-state index contributed by atoms with van der Waals surface area (Å²) in [7, 11) is 1.32. The van der Waals surface area contributed by atoms with E-state index in [1.807, 2.05) is 0 Å². The summed E-state index contributed by atoms with van der Waals surface area (Å²) >= 11 is 2.42. The molecular weight excluding hydrogens is 650 g/mol. The minimum Gasteiger partial charge on any atom is -1.00 e. The predicted molar refractivity (Wildman–Crippen MR) is 121 cm³/mol. The van der Waals surface area contributed by atoms with E-state index in [-0.39, 0.29) is 30.6 Å². The van der Waals surface area contributed by atoms with Crippen LogP contribution in [0.3, 0.4) is 0 Å². The summed E-state index contributed by atoms with van der Waals surface area (Å²) in [4.78, 5) is 16.1. The zero-order valence-corrected chi connectivity index (χ0v) is 22.6. The number of nitrogens with zero attached hydrogens (tertiary/aromatic N) is 2. The molecule has 0 spiro atoms. The molecule has 1 saturated carbocycles. The average Bonchev–Trinajstić information content (AvgIpc) is 3.09. The van der Waals surface area contributed by atoms with Gasteiger partial charge in [0.1, 0.15) is 0 Å². The summed E-state index contributed by atoms with van der Waals surface area (Å²) in [5.74, 6) is -0.406. The molecule has 9 heteroatoms. The molecule has 1 aliphatic carbocycles. The van der Waals surface area contributed by atoms with Crippen molar-refractivity contribution in [2.75, 3.05) is 18.6 Å². The molecule has 1 aliphatic heterocycles. The first-order valence-corrected chi connectivity index (χ1v) is 13.2. The third-order valence-electron chi connectivity index (χ3n) is 6.78. The fourth-order valence-electron chi connectivity index (χ4n) is 5.03. The Hall–Kier alpha value is -0.860. The molecule has 1 atom stereocenters. The molecule has 4 nitrogen and oxygen atoms in total. The number of carbonyl (C=O) groups is 1. The van der Waals surface area contributed by atoms with Crippen molar-refractivity contribution in [2.45, 2.75) is 95.3 Å². The third kappa shape index (κ3) is 7.82. The van der Waals surface area contributed by atoms with Crippen LogP contribution in [0.2, 0.25) is 0 Å². The van der Waals surface area contributed by atoms with Gasteiger partial charge in [0.05, 0.1) is 0 Å². The van der Waals surface area contributed by atoms with Crippen molar-refractivity contribution in [3.05, 3.63) is 29.8 Å². The average molecular weight is 685 g/mol. The number of anilines is 1. The maximum Gasteiger partial charge on any atom is -1.00 e. The molecule has 2 aliphatic rings. The van der Waals surface area contributed by atoms with Crippen LogP contribution in [0.25, 0.3) is 0 Å². The minimum atomic E-state index is -4.47. The first-order chi connectivity index (χ1) is 15.8. The van der Waals surface area contributed by atoms with Crippen LogP contribution < -0.4 is 17.3 Å². The number of rotatable bonds is 4. The molecule has 0 bridgehead atoms. The molecule has 1 aromatic carbocycles. The smallest absolute Gasteiger partial charge is 1.00 e. The van der Waals surface area contributed by atoms with E-state index < -0.39 is 23.8 Å². The number of para-hydroxylation sites is 1. The maximum atomic E-state index is 13.8. The molecule has 0 aromatic heterocycles. The van der Waals surface area contributed by atoms with Crippen molar-refractivity contribution >= 4 is 15.6 Å². The summed E-state index contributed by atoms with van der Waals surface area (Å²) in [6, 6.07) is 5.53. The molecule has 3 rings (SSSR count). The summed E-state index contributed by atoms with van der Waals surface area (Å²) in [5.41, 5.74) is -0.572. The largest absolute Gasteiger partial charge is 1.00 e. The molecule has 1 aromatic rings. The van der Waals surface area contributed by atoms with Crippen molar-refractivity contribution in [3.63, 3.8) is 0 Å². The van der Waals surface area contributed by atoms with Gasteiger partial charge in [-0.2, -0.15) is 0 Å². The molecule has 0 amide bonds. The Labute approximate surface area is 219 Å². The Bertz CT molecular complexity index is 797. The number of methoxy groups -OCH3 is 1. The van der Waals surface area contributed by atoms with Gasteiger partial charge in [0.2, 0.25) is 0 Å². The molecule has 1 saturated heterocycles. The fraction of sp³-hybridized carbons (Fsp3) is 0.680. The second kappa shape index (κ2) is 14.0. The van der Waals surface area contributed by atoms with Gasteiger partial charge in [-0.25, -0.2) is 0 Å². The monoisotopic (exact) mass is 684 g/mol. The van der Waals surface area contributed by atoms with E-state index >= 15 is 0 Å². The van der Waals surface area contributed by atoms with Crippen LogP contribution in [0, 0.1) is 0 Å². The molecule has 1 heterocycles. The Balaban J connectivity index is 0.00000408. The Morgan fingerprint density at radius 3 is 2.06 bits per heavy atom. The maximum absolute atomic E-state index is 13.8. The second-order valence-electron chi connectivity index (χ2n) is 9.12. The molecule has 0 radical (unpaired) electrons. The van der Waals surface area contributed by atoms with Gasteiger partial charge in [-0.1, -0.05) is 0 Å². The molecule has 196 valence electrons. The van der Waals surface area contributed by atoms with Crippen molar-refractivity contribution in [1.82, 2.24) is 4.90 Å². The summed E-state index contributed by atoms with van der Waals surface area (Å²) in [6.07, 6.45) is 8.70. The number of hydrogen-bond donors (Lipinski definition) is 0. The van der Waals surface area contributed by atoms with Gasteiger partial charge in [0.25, 0.3) is 0 Å². The minimum absolute atomic E-state index is 0. The van der Waals surface area contributed by atoms with E-state index in [0.717, 1.165) is 35.7 Å². The number of hydrogen-bond acceptors (Lipinski definition) is 4. The van der Waals surface area contributed by atoms with Gasteiger partial charge in [0, 0.05) is 0 Å². The van der Waals surface area contributed by atoms with Crippen molar-refractivity contribution in [3.8, 4) is 0 Å².